The Balaban J connectivity index is 1.76. The molecule has 0 aliphatic carbocycles. The van der Waals surface area contributed by atoms with Crippen LogP contribution in [0.25, 0.3) is 0 Å². The predicted molar refractivity (Wildman–Crippen MR) is 93.4 cm³/mol. The van der Waals surface area contributed by atoms with Gasteiger partial charge in [0.05, 0.1) is 13.2 Å². The standard InChI is InChI=1S/C19H30N2O2/c1-16(2)14-18(21-10-12-23-13-11-21)15-20-19(22)9-8-17-6-4-3-5-7-17/h3-7,16,18H,8-15H2,1-2H3,(H,20,22). The first-order valence-electron chi connectivity index (χ1n) is 8.77. The predicted octanol–water partition coefficient (Wildman–Crippen LogP) is 2.48. The number of benzene rings is 1. The van der Waals surface area contributed by atoms with E-state index >= 15 is 0 Å². The number of carbonyl (C=O) groups is 1. The zero-order valence-electron chi connectivity index (χ0n) is 14.5. The van der Waals surface area contributed by atoms with Crippen LogP contribution in [-0.2, 0) is 16.0 Å². The van der Waals surface area contributed by atoms with Crippen LogP contribution in [-0.4, -0.2) is 49.7 Å². The number of hydrogen-bond donors (Lipinski definition) is 1. The maximum Gasteiger partial charge on any atom is 0.220 e. The average Bonchev–Trinajstić information content (AvgIpc) is 2.58. The van der Waals surface area contributed by atoms with E-state index in [4.69, 9.17) is 4.74 Å². The van der Waals surface area contributed by atoms with Gasteiger partial charge >= 0.3 is 0 Å². The Kier molecular flexibility index (Phi) is 7.56. The van der Waals surface area contributed by atoms with Crippen LogP contribution in [0.5, 0.6) is 0 Å². The Bertz CT molecular complexity index is 456. The summed E-state index contributed by atoms with van der Waals surface area (Å²) in [5.74, 6) is 0.778. The lowest BCUT2D eigenvalue weighted by molar-refractivity contribution is -0.121. The van der Waals surface area contributed by atoms with Gasteiger partial charge in [-0.25, -0.2) is 0 Å². The summed E-state index contributed by atoms with van der Waals surface area (Å²) in [6.45, 7) is 8.77. The molecule has 128 valence electrons. The van der Waals surface area contributed by atoms with Gasteiger partial charge in [0, 0.05) is 32.1 Å². The van der Waals surface area contributed by atoms with Crippen LogP contribution in [0.1, 0.15) is 32.3 Å². The molecule has 1 saturated heterocycles. The van der Waals surface area contributed by atoms with Crippen molar-refractivity contribution in [2.24, 2.45) is 5.92 Å². The van der Waals surface area contributed by atoms with E-state index in [0.29, 0.717) is 18.4 Å². The summed E-state index contributed by atoms with van der Waals surface area (Å²) >= 11 is 0. The van der Waals surface area contributed by atoms with Crippen LogP contribution in [0.3, 0.4) is 0 Å². The number of nitrogens with zero attached hydrogens (tertiary/aromatic N) is 1. The lowest BCUT2D eigenvalue weighted by atomic mass is 10.0. The second-order valence-corrected chi connectivity index (χ2v) is 6.72. The molecular weight excluding hydrogens is 288 g/mol. The largest absolute Gasteiger partial charge is 0.379 e. The highest BCUT2D eigenvalue weighted by Gasteiger charge is 2.22. The summed E-state index contributed by atoms with van der Waals surface area (Å²) in [6.07, 6.45) is 2.47. The molecule has 1 aliphatic heterocycles. The van der Waals surface area contributed by atoms with Crippen molar-refractivity contribution in [1.29, 1.82) is 0 Å². The van der Waals surface area contributed by atoms with E-state index in [2.05, 4.69) is 36.2 Å². The molecule has 0 radical (unpaired) electrons. The van der Waals surface area contributed by atoms with E-state index in [1.165, 1.54) is 5.56 Å². The minimum atomic E-state index is 0.149. The highest BCUT2D eigenvalue weighted by atomic mass is 16.5. The van der Waals surface area contributed by atoms with Crippen LogP contribution in [0.4, 0.5) is 0 Å². The Hall–Kier alpha value is -1.39. The Morgan fingerprint density at radius 1 is 1.22 bits per heavy atom. The third kappa shape index (κ3) is 6.71. The molecule has 0 bridgehead atoms. The topological polar surface area (TPSA) is 41.6 Å². The molecule has 1 atom stereocenters. The zero-order chi connectivity index (χ0) is 16.5. The van der Waals surface area contributed by atoms with Gasteiger partial charge in [-0.2, -0.15) is 0 Å². The molecule has 1 N–H and O–H groups in total. The fraction of sp³-hybridized carbons (Fsp3) is 0.632. The first-order chi connectivity index (χ1) is 11.1. The molecule has 1 fully saturated rings. The number of ether oxygens (including phenoxy) is 1. The molecular formula is C19H30N2O2. The van der Waals surface area contributed by atoms with Crippen LogP contribution >= 0.6 is 0 Å². The van der Waals surface area contributed by atoms with Gasteiger partial charge < -0.3 is 10.1 Å². The maximum absolute atomic E-state index is 12.1. The molecule has 1 heterocycles. The monoisotopic (exact) mass is 318 g/mol. The molecule has 1 aromatic carbocycles. The van der Waals surface area contributed by atoms with Crippen LogP contribution < -0.4 is 5.32 Å². The Morgan fingerprint density at radius 2 is 1.91 bits per heavy atom. The van der Waals surface area contributed by atoms with E-state index in [1.54, 1.807) is 0 Å². The maximum atomic E-state index is 12.1. The lowest BCUT2D eigenvalue weighted by Crippen LogP contribution is -2.49. The minimum Gasteiger partial charge on any atom is -0.379 e. The zero-order valence-corrected chi connectivity index (χ0v) is 14.5. The fourth-order valence-electron chi connectivity index (χ4n) is 3.07. The lowest BCUT2D eigenvalue weighted by Gasteiger charge is -2.35. The van der Waals surface area contributed by atoms with Crippen molar-refractivity contribution in [3.05, 3.63) is 35.9 Å². The van der Waals surface area contributed by atoms with E-state index in [1.807, 2.05) is 18.2 Å². The highest BCUT2D eigenvalue weighted by Crippen LogP contribution is 2.13. The van der Waals surface area contributed by atoms with Crippen molar-refractivity contribution in [2.45, 2.75) is 39.2 Å². The number of aryl methyl sites for hydroxylation is 1. The summed E-state index contributed by atoms with van der Waals surface area (Å²) in [6, 6.07) is 10.6. The first-order valence-corrected chi connectivity index (χ1v) is 8.77. The molecule has 1 unspecified atom stereocenters. The van der Waals surface area contributed by atoms with Crippen molar-refractivity contribution in [3.8, 4) is 0 Å². The van der Waals surface area contributed by atoms with Crippen LogP contribution in [0, 0.1) is 5.92 Å². The Labute approximate surface area is 140 Å². The third-order valence-corrected chi connectivity index (χ3v) is 4.32. The summed E-state index contributed by atoms with van der Waals surface area (Å²) in [5, 5.41) is 3.13. The molecule has 1 aromatic rings. The molecule has 4 heteroatoms. The second kappa shape index (κ2) is 9.68. The van der Waals surface area contributed by atoms with Gasteiger partial charge in [-0.05, 0) is 24.3 Å². The van der Waals surface area contributed by atoms with Crippen LogP contribution in [0.15, 0.2) is 30.3 Å². The summed E-state index contributed by atoms with van der Waals surface area (Å²) in [7, 11) is 0. The fourth-order valence-corrected chi connectivity index (χ4v) is 3.07. The minimum absolute atomic E-state index is 0.149. The van der Waals surface area contributed by atoms with Gasteiger partial charge in [0.2, 0.25) is 5.91 Å². The number of hydrogen-bond acceptors (Lipinski definition) is 3. The summed E-state index contributed by atoms with van der Waals surface area (Å²) < 4.78 is 5.44. The SMILES string of the molecule is CC(C)CC(CNC(=O)CCc1ccccc1)N1CCOCC1. The van der Waals surface area contributed by atoms with Gasteiger partial charge in [-0.3, -0.25) is 9.69 Å². The van der Waals surface area contributed by atoms with Gasteiger partial charge in [0.1, 0.15) is 0 Å². The molecule has 23 heavy (non-hydrogen) atoms. The smallest absolute Gasteiger partial charge is 0.220 e. The van der Waals surface area contributed by atoms with Gasteiger partial charge in [-0.15, -0.1) is 0 Å². The van der Waals surface area contributed by atoms with E-state index in [9.17, 15) is 4.79 Å². The van der Waals surface area contributed by atoms with E-state index < -0.39 is 0 Å². The number of carbonyl (C=O) groups excluding carboxylic acids is 1. The van der Waals surface area contributed by atoms with E-state index in [0.717, 1.165) is 45.7 Å². The number of rotatable bonds is 8. The number of nitrogens with one attached hydrogen (secondary N) is 1. The quantitative estimate of drug-likeness (QED) is 0.801. The molecule has 1 aliphatic rings. The normalized spacial score (nSPS) is 17.2. The first kappa shape index (κ1) is 18.0. The van der Waals surface area contributed by atoms with Crippen LogP contribution in [0.2, 0.25) is 0 Å². The molecule has 4 nitrogen and oxygen atoms in total. The molecule has 2 rings (SSSR count). The number of morpholine rings is 1. The van der Waals surface area contributed by atoms with Crippen molar-refractivity contribution in [1.82, 2.24) is 10.2 Å². The molecule has 0 spiro atoms. The van der Waals surface area contributed by atoms with Gasteiger partial charge in [-0.1, -0.05) is 44.2 Å². The van der Waals surface area contributed by atoms with Gasteiger partial charge in [0.15, 0.2) is 0 Å². The third-order valence-electron chi connectivity index (χ3n) is 4.32. The summed E-state index contributed by atoms with van der Waals surface area (Å²) in [5.41, 5.74) is 1.22. The van der Waals surface area contributed by atoms with Crippen molar-refractivity contribution < 1.29 is 9.53 Å². The second-order valence-electron chi connectivity index (χ2n) is 6.72. The summed E-state index contributed by atoms with van der Waals surface area (Å²) in [4.78, 5) is 14.6. The number of amides is 1. The van der Waals surface area contributed by atoms with E-state index in [-0.39, 0.29) is 5.91 Å². The molecule has 0 saturated carbocycles. The van der Waals surface area contributed by atoms with Crippen molar-refractivity contribution in [2.75, 3.05) is 32.8 Å². The molecule has 1 amide bonds. The van der Waals surface area contributed by atoms with Crippen molar-refractivity contribution >= 4 is 5.91 Å². The average molecular weight is 318 g/mol. The highest BCUT2D eigenvalue weighted by molar-refractivity contribution is 5.76. The van der Waals surface area contributed by atoms with Crippen molar-refractivity contribution in [3.63, 3.8) is 0 Å². The Morgan fingerprint density at radius 3 is 2.57 bits per heavy atom. The van der Waals surface area contributed by atoms with Gasteiger partial charge in [0.25, 0.3) is 0 Å². The molecule has 0 aromatic heterocycles.